The highest BCUT2D eigenvalue weighted by molar-refractivity contribution is 5.89. The lowest BCUT2D eigenvalue weighted by Gasteiger charge is -2.43. The normalized spacial score (nSPS) is 20.5. The number of ether oxygens (including phenoxy) is 1. The molecule has 5 nitrogen and oxygen atoms in total. The van der Waals surface area contributed by atoms with E-state index in [1.807, 2.05) is 0 Å². The van der Waals surface area contributed by atoms with Gasteiger partial charge in [-0.15, -0.1) is 0 Å². The molecule has 1 amide bonds. The summed E-state index contributed by atoms with van der Waals surface area (Å²) in [7, 11) is 0. The fraction of sp³-hybridized carbons (Fsp3) is 0.500. The predicted octanol–water partition coefficient (Wildman–Crippen LogP) is 1.78. The molecule has 0 saturated carbocycles. The van der Waals surface area contributed by atoms with E-state index in [-0.39, 0.29) is 25.6 Å². The van der Waals surface area contributed by atoms with Gasteiger partial charge in [0, 0.05) is 12.6 Å². The Balaban J connectivity index is 2.34. The highest BCUT2D eigenvalue weighted by atomic mass is 19.1. The summed E-state index contributed by atoms with van der Waals surface area (Å²) in [6.07, 6.45) is 0. The van der Waals surface area contributed by atoms with Crippen molar-refractivity contribution in [1.29, 1.82) is 0 Å². The van der Waals surface area contributed by atoms with Crippen LogP contribution in [0.2, 0.25) is 0 Å². The van der Waals surface area contributed by atoms with Crippen molar-refractivity contribution in [3.63, 3.8) is 0 Å². The van der Waals surface area contributed by atoms with Crippen molar-refractivity contribution >= 4 is 11.9 Å². The summed E-state index contributed by atoms with van der Waals surface area (Å²) in [6.45, 7) is 5.26. The van der Waals surface area contributed by atoms with Crippen LogP contribution in [0.1, 0.15) is 32.4 Å². The molecule has 0 radical (unpaired) electrons. The number of amides is 1. The molecule has 23 heavy (non-hydrogen) atoms. The number of hydrogen-bond donors (Lipinski definition) is 1. The first-order valence-electron chi connectivity index (χ1n) is 7.42. The maximum absolute atomic E-state index is 13.5. The topological polar surface area (TPSA) is 58.6 Å². The second-order valence-corrected chi connectivity index (χ2v) is 5.96. The van der Waals surface area contributed by atoms with Crippen molar-refractivity contribution < 1.29 is 23.1 Å². The first-order chi connectivity index (χ1) is 10.7. The number of halogens is 2. The second kappa shape index (κ2) is 6.62. The Morgan fingerprint density at radius 2 is 1.96 bits per heavy atom. The minimum atomic E-state index is -0.866. The largest absolute Gasteiger partial charge is 0.465 e. The molecule has 1 aliphatic heterocycles. The Kier molecular flexibility index (Phi) is 4.99. The van der Waals surface area contributed by atoms with E-state index in [1.165, 1.54) is 17.0 Å². The van der Waals surface area contributed by atoms with E-state index < -0.39 is 29.2 Å². The molecule has 1 N–H and O–H groups in total. The monoisotopic (exact) mass is 326 g/mol. The number of nitrogens with zero attached hydrogens (tertiary/aromatic N) is 1. The molecule has 126 valence electrons. The first kappa shape index (κ1) is 17.3. The van der Waals surface area contributed by atoms with Crippen LogP contribution < -0.4 is 5.32 Å². The zero-order chi connectivity index (χ0) is 17.2. The van der Waals surface area contributed by atoms with E-state index >= 15 is 0 Å². The van der Waals surface area contributed by atoms with Crippen LogP contribution in [0.3, 0.4) is 0 Å². The molecule has 2 rings (SSSR count). The van der Waals surface area contributed by atoms with Crippen molar-refractivity contribution in [2.45, 2.75) is 32.4 Å². The fourth-order valence-electron chi connectivity index (χ4n) is 2.63. The third-order valence-corrected chi connectivity index (χ3v) is 3.78. The lowest BCUT2D eigenvalue weighted by molar-refractivity contribution is -0.155. The molecule has 0 aromatic heterocycles. The van der Waals surface area contributed by atoms with Gasteiger partial charge in [-0.05, 0) is 38.5 Å². The van der Waals surface area contributed by atoms with Gasteiger partial charge in [0.1, 0.15) is 18.2 Å². The van der Waals surface area contributed by atoms with E-state index in [1.54, 1.807) is 20.8 Å². The molecule has 1 unspecified atom stereocenters. The number of carbonyl (C=O) groups is 2. The number of benzene rings is 1. The van der Waals surface area contributed by atoms with E-state index in [2.05, 4.69) is 5.32 Å². The summed E-state index contributed by atoms with van der Waals surface area (Å²) in [5.41, 5.74) is -0.572. The lowest BCUT2D eigenvalue weighted by atomic mass is 9.94. The number of esters is 1. The van der Waals surface area contributed by atoms with Gasteiger partial charge in [-0.25, -0.2) is 8.78 Å². The van der Waals surface area contributed by atoms with Gasteiger partial charge in [-0.2, -0.15) is 0 Å². The maximum Gasteiger partial charge on any atom is 0.325 e. The van der Waals surface area contributed by atoms with Crippen molar-refractivity contribution in [2.75, 3.05) is 19.7 Å². The van der Waals surface area contributed by atoms with E-state index in [4.69, 9.17) is 4.74 Å². The molecule has 1 fully saturated rings. The Labute approximate surface area is 133 Å². The van der Waals surface area contributed by atoms with E-state index in [9.17, 15) is 18.4 Å². The smallest absolute Gasteiger partial charge is 0.325 e. The van der Waals surface area contributed by atoms with Crippen molar-refractivity contribution in [2.24, 2.45) is 0 Å². The fourth-order valence-corrected chi connectivity index (χ4v) is 2.63. The minimum absolute atomic E-state index is 0.196. The molecule has 1 aliphatic rings. The summed E-state index contributed by atoms with van der Waals surface area (Å²) >= 11 is 0. The summed E-state index contributed by atoms with van der Waals surface area (Å²) in [4.78, 5) is 25.7. The molecule has 1 atom stereocenters. The van der Waals surface area contributed by atoms with Gasteiger partial charge in [-0.3, -0.25) is 9.59 Å². The van der Waals surface area contributed by atoms with Crippen LogP contribution >= 0.6 is 0 Å². The van der Waals surface area contributed by atoms with Crippen molar-refractivity contribution in [1.82, 2.24) is 10.2 Å². The molecule has 0 spiro atoms. The van der Waals surface area contributed by atoms with Gasteiger partial charge in [0.05, 0.1) is 18.2 Å². The second-order valence-electron chi connectivity index (χ2n) is 5.96. The first-order valence-corrected chi connectivity index (χ1v) is 7.42. The van der Waals surface area contributed by atoms with Crippen LogP contribution in [0.15, 0.2) is 18.2 Å². The van der Waals surface area contributed by atoms with Gasteiger partial charge in [-0.1, -0.05) is 0 Å². The molecule has 1 aromatic carbocycles. The molecular formula is C16H20F2N2O3. The molecule has 1 aromatic rings. The number of nitrogens with one attached hydrogen (secondary N) is 1. The van der Waals surface area contributed by atoms with Crippen LogP contribution in [0.5, 0.6) is 0 Å². The lowest BCUT2D eigenvalue weighted by Crippen LogP contribution is -2.63. The standard InChI is InChI=1S/C16H20F2N2O3/c1-4-23-14(21)9-20-13(8-19-16(2,3)15(20)22)10-5-11(17)7-12(18)6-10/h5-7,13,19H,4,8-9H2,1-3H3. The van der Waals surface area contributed by atoms with Gasteiger partial charge in [0.15, 0.2) is 0 Å². The predicted molar refractivity (Wildman–Crippen MR) is 79.5 cm³/mol. The zero-order valence-corrected chi connectivity index (χ0v) is 13.4. The minimum Gasteiger partial charge on any atom is -0.465 e. The summed E-state index contributed by atoms with van der Waals surface area (Å²) in [5, 5.41) is 3.04. The summed E-state index contributed by atoms with van der Waals surface area (Å²) in [5.74, 6) is -2.34. The van der Waals surface area contributed by atoms with Crippen LogP contribution in [0, 0.1) is 11.6 Å². The average Bonchev–Trinajstić information content (AvgIpc) is 2.43. The third-order valence-electron chi connectivity index (χ3n) is 3.78. The van der Waals surface area contributed by atoms with E-state index in [0.29, 0.717) is 5.56 Å². The Bertz CT molecular complexity index is 599. The summed E-state index contributed by atoms with van der Waals surface area (Å²) < 4.78 is 31.9. The van der Waals surface area contributed by atoms with Crippen molar-refractivity contribution in [3.8, 4) is 0 Å². The third kappa shape index (κ3) is 3.85. The van der Waals surface area contributed by atoms with Crippen LogP contribution in [-0.4, -0.2) is 42.0 Å². The number of piperazine rings is 1. The highest BCUT2D eigenvalue weighted by Gasteiger charge is 2.42. The van der Waals surface area contributed by atoms with Gasteiger partial charge >= 0.3 is 5.97 Å². The quantitative estimate of drug-likeness (QED) is 0.857. The van der Waals surface area contributed by atoms with Crippen LogP contribution in [-0.2, 0) is 14.3 Å². The number of rotatable bonds is 4. The summed E-state index contributed by atoms with van der Waals surface area (Å²) in [6, 6.07) is 2.45. The van der Waals surface area contributed by atoms with Gasteiger partial charge in [0.25, 0.3) is 0 Å². The molecule has 1 heterocycles. The average molecular weight is 326 g/mol. The van der Waals surface area contributed by atoms with E-state index in [0.717, 1.165) is 6.07 Å². The van der Waals surface area contributed by atoms with Crippen LogP contribution in [0.4, 0.5) is 8.78 Å². The Hall–Kier alpha value is -2.02. The molecule has 0 bridgehead atoms. The Morgan fingerprint density at radius 3 is 2.52 bits per heavy atom. The van der Waals surface area contributed by atoms with Gasteiger partial charge < -0.3 is 15.0 Å². The molecule has 0 aliphatic carbocycles. The maximum atomic E-state index is 13.5. The zero-order valence-electron chi connectivity index (χ0n) is 13.4. The molecular weight excluding hydrogens is 306 g/mol. The highest BCUT2D eigenvalue weighted by Crippen LogP contribution is 2.29. The Morgan fingerprint density at radius 1 is 1.35 bits per heavy atom. The number of hydrogen-bond acceptors (Lipinski definition) is 4. The SMILES string of the molecule is CCOC(=O)CN1C(=O)C(C)(C)NCC1c1cc(F)cc(F)c1. The number of carbonyl (C=O) groups excluding carboxylic acids is 2. The van der Waals surface area contributed by atoms with Crippen LogP contribution in [0.25, 0.3) is 0 Å². The molecule has 7 heteroatoms. The van der Waals surface area contributed by atoms with Gasteiger partial charge in [0.2, 0.25) is 5.91 Å². The van der Waals surface area contributed by atoms with Crippen molar-refractivity contribution in [3.05, 3.63) is 35.4 Å². The molecule has 1 saturated heterocycles.